The molecule has 0 aliphatic heterocycles. The molecule has 0 saturated heterocycles. The third-order valence-corrected chi connectivity index (χ3v) is 5.95. The van der Waals surface area contributed by atoms with Gasteiger partial charge >= 0.3 is 5.97 Å². The summed E-state index contributed by atoms with van der Waals surface area (Å²) in [5.41, 5.74) is 0. The summed E-state index contributed by atoms with van der Waals surface area (Å²) in [6.45, 7) is 4.17. The first-order valence-corrected chi connectivity index (χ1v) is 13.2. The largest absolute Gasteiger partial charge is 0.481 e. The van der Waals surface area contributed by atoms with Crippen molar-refractivity contribution in [3.8, 4) is 0 Å². The Labute approximate surface area is 182 Å². The van der Waals surface area contributed by atoms with Crippen LogP contribution in [-0.4, -0.2) is 24.2 Å². The zero-order valence-electron chi connectivity index (χ0n) is 19.8. The van der Waals surface area contributed by atoms with Crippen LogP contribution in [0.4, 0.5) is 0 Å². The minimum atomic E-state index is -0.689. The Morgan fingerprint density at radius 2 is 0.828 bits per heavy atom. The lowest BCUT2D eigenvalue weighted by Gasteiger charge is -2.05. The van der Waals surface area contributed by atoms with Gasteiger partial charge in [-0.05, 0) is 25.9 Å². The number of rotatable bonds is 25. The molecule has 3 nitrogen and oxygen atoms in total. The lowest BCUT2D eigenvalue weighted by Crippen LogP contribution is -2.17. The topological polar surface area (TPSA) is 49.3 Å². The maximum atomic E-state index is 10.4. The minimum Gasteiger partial charge on any atom is -0.481 e. The molecular weight excluding hydrogens is 358 g/mol. The first kappa shape index (κ1) is 28.4. The predicted molar refractivity (Wildman–Crippen MR) is 128 cm³/mol. The van der Waals surface area contributed by atoms with Crippen LogP contribution in [0, 0.1) is 0 Å². The number of aliphatic carboxylic acids is 1. The molecule has 0 aromatic rings. The Kier molecular flexibility index (Phi) is 25.0. The van der Waals surface area contributed by atoms with E-state index in [2.05, 4.69) is 12.2 Å². The lowest BCUT2D eigenvalue weighted by atomic mass is 10.0. The van der Waals surface area contributed by atoms with Crippen LogP contribution in [-0.2, 0) is 4.79 Å². The Morgan fingerprint density at radius 3 is 1.17 bits per heavy atom. The maximum Gasteiger partial charge on any atom is 0.303 e. The van der Waals surface area contributed by atoms with Gasteiger partial charge in [0.25, 0.3) is 0 Å². The maximum absolute atomic E-state index is 10.4. The molecular formula is C26H53NO2. The highest BCUT2D eigenvalue weighted by molar-refractivity contribution is 5.66. The van der Waals surface area contributed by atoms with Gasteiger partial charge in [-0.15, -0.1) is 0 Å². The normalized spacial score (nSPS) is 11.2. The van der Waals surface area contributed by atoms with Gasteiger partial charge in [0.15, 0.2) is 0 Å². The summed E-state index contributed by atoms with van der Waals surface area (Å²) in [5, 5.41) is 11.9. The van der Waals surface area contributed by atoms with E-state index >= 15 is 0 Å². The Hall–Kier alpha value is -0.570. The van der Waals surface area contributed by atoms with E-state index in [9.17, 15) is 4.79 Å². The van der Waals surface area contributed by atoms with Gasteiger partial charge in [-0.3, -0.25) is 4.79 Å². The smallest absolute Gasteiger partial charge is 0.303 e. The Morgan fingerprint density at radius 1 is 0.517 bits per heavy atom. The van der Waals surface area contributed by atoms with Gasteiger partial charge in [0, 0.05) is 6.42 Å². The van der Waals surface area contributed by atoms with E-state index in [4.69, 9.17) is 5.11 Å². The number of nitrogens with one attached hydrogen (secondary N) is 1. The van der Waals surface area contributed by atoms with Crippen molar-refractivity contribution < 1.29 is 9.90 Å². The summed E-state index contributed by atoms with van der Waals surface area (Å²) in [6.07, 6.45) is 29.4. The molecule has 174 valence electrons. The molecule has 0 saturated carbocycles. The number of carboxylic acid groups (broad SMARTS) is 1. The van der Waals surface area contributed by atoms with Gasteiger partial charge in [-0.25, -0.2) is 0 Å². The van der Waals surface area contributed by atoms with E-state index in [1.807, 2.05) is 0 Å². The second kappa shape index (κ2) is 25.5. The van der Waals surface area contributed by atoms with Crippen molar-refractivity contribution in [3.05, 3.63) is 0 Å². The molecule has 0 spiro atoms. The van der Waals surface area contributed by atoms with E-state index < -0.39 is 5.97 Å². The third kappa shape index (κ3) is 27.4. The zero-order valence-corrected chi connectivity index (χ0v) is 19.8. The number of hydrogen-bond donors (Lipinski definition) is 2. The second-order valence-electron chi connectivity index (χ2n) is 8.96. The minimum absolute atomic E-state index is 0.284. The Balaban J connectivity index is 2.99. The molecule has 0 aromatic carbocycles. The molecule has 0 rings (SSSR count). The molecule has 29 heavy (non-hydrogen) atoms. The van der Waals surface area contributed by atoms with Crippen LogP contribution in [0.5, 0.6) is 0 Å². The fourth-order valence-electron chi connectivity index (χ4n) is 3.99. The van der Waals surface area contributed by atoms with Crippen molar-refractivity contribution in [1.82, 2.24) is 5.32 Å². The van der Waals surface area contributed by atoms with Crippen molar-refractivity contribution in [2.45, 2.75) is 148 Å². The molecule has 0 fully saturated rings. The van der Waals surface area contributed by atoms with Crippen LogP contribution in [0.2, 0.25) is 0 Å². The summed E-state index contributed by atoms with van der Waals surface area (Å²) in [5.74, 6) is -0.689. The average molecular weight is 412 g/mol. The van der Waals surface area contributed by atoms with Crippen molar-refractivity contribution in [2.24, 2.45) is 0 Å². The van der Waals surface area contributed by atoms with E-state index in [-0.39, 0.29) is 6.42 Å². The molecule has 0 atom stereocenters. The molecule has 0 unspecified atom stereocenters. The van der Waals surface area contributed by atoms with Crippen molar-refractivity contribution in [3.63, 3.8) is 0 Å². The molecule has 3 heteroatoms. The summed E-state index contributed by atoms with van der Waals surface area (Å²) < 4.78 is 0. The Bertz CT molecular complexity index is 320. The zero-order chi connectivity index (χ0) is 21.3. The summed E-state index contributed by atoms with van der Waals surface area (Å²) in [4.78, 5) is 10.4. The van der Waals surface area contributed by atoms with Gasteiger partial charge in [0.05, 0.1) is 0 Å². The molecule has 0 amide bonds. The van der Waals surface area contributed by atoms with Crippen molar-refractivity contribution in [1.29, 1.82) is 0 Å². The molecule has 0 bridgehead atoms. The fraction of sp³-hybridized carbons (Fsp3) is 0.962. The van der Waals surface area contributed by atoms with E-state index in [0.29, 0.717) is 0 Å². The van der Waals surface area contributed by atoms with E-state index in [1.54, 1.807) is 0 Å². The number of unbranched alkanes of at least 4 members (excludes halogenated alkanes) is 19. The van der Waals surface area contributed by atoms with Gasteiger partial charge in [0.2, 0.25) is 0 Å². The average Bonchev–Trinajstić information content (AvgIpc) is 2.71. The quantitative estimate of drug-likeness (QED) is 0.149. The molecule has 0 aromatic heterocycles. The highest BCUT2D eigenvalue weighted by Crippen LogP contribution is 2.14. The lowest BCUT2D eigenvalue weighted by molar-refractivity contribution is -0.137. The number of carboxylic acids is 1. The predicted octanol–water partition coefficient (Wildman–Crippen LogP) is 8.26. The second-order valence-corrected chi connectivity index (χ2v) is 8.96. The number of carbonyl (C=O) groups is 1. The van der Waals surface area contributed by atoms with Crippen LogP contribution in [0.1, 0.15) is 148 Å². The van der Waals surface area contributed by atoms with Crippen LogP contribution in [0.25, 0.3) is 0 Å². The number of hydrogen-bond acceptors (Lipinski definition) is 2. The van der Waals surface area contributed by atoms with Crippen LogP contribution in [0.15, 0.2) is 0 Å². The SMILES string of the molecule is CCCCCCCCCCCCCCCCCCCCCCNCCCC(=O)O. The van der Waals surface area contributed by atoms with Crippen LogP contribution < -0.4 is 5.32 Å². The van der Waals surface area contributed by atoms with E-state index in [0.717, 1.165) is 19.5 Å². The first-order valence-electron chi connectivity index (χ1n) is 13.2. The monoisotopic (exact) mass is 411 g/mol. The summed E-state index contributed by atoms with van der Waals surface area (Å²) >= 11 is 0. The highest BCUT2D eigenvalue weighted by atomic mass is 16.4. The molecule has 0 aliphatic carbocycles. The van der Waals surface area contributed by atoms with Crippen LogP contribution in [0.3, 0.4) is 0 Å². The van der Waals surface area contributed by atoms with Crippen molar-refractivity contribution >= 4 is 5.97 Å². The summed E-state index contributed by atoms with van der Waals surface area (Å²) in [7, 11) is 0. The van der Waals surface area contributed by atoms with E-state index in [1.165, 1.54) is 128 Å². The van der Waals surface area contributed by atoms with Gasteiger partial charge < -0.3 is 10.4 Å². The molecule has 0 aliphatic rings. The fourth-order valence-corrected chi connectivity index (χ4v) is 3.99. The van der Waals surface area contributed by atoms with Gasteiger partial charge in [-0.2, -0.15) is 0 Å². The van der Waals surface area contributed by atoms with Gasteiger partial charge in [-0.1, -0.05) is 129 Å². The molecule has 2 N–H and O–H groups in total. The van der Waals surface area contributed by atoms with Crippen LogP contribution >= 0.6 is 0 Å². The summed E-state index contributed by atoms with van der Waals surface area (Å²) in [6, 6.07) is 0. The molecule has 0 heterocycles. The highest BCUT2D eigenvalue weighted by Gasteiger charge is 1.97. The standard InChI is InChI=1S/C26H53NO2/c1-2-3-4-5-6-7-8-9-10-11-12-13-14-15-16-17-18-19-20-21-24-27-25-22-23-26(28)29/h27H,2-25H2,1H3,(H,28,29). The molecule has 0 radical (unpaired) electrons. The first-order chi connectivity index (χ1) is 14.3. The van der Waals surface area contributed by atoms with Gasteiger partial charge in [0.1, 0.15) is 0 Å². The van der Waals surface area contributed by atoms with Crippen molar-refractivity contribution in [2.75, 3.05) is 13.1 Å². The third-order valence-electron chi connectivity index (χ3n) is 5.95.